The number of carbonyl (C=O) groups excluding carboxylic acids is 2. The number of amides is 1. The Labute approximate surface area is 69.1 Å². The van der Waals surface area contributed by atoms with Gasteiger partial charge in [-0.15, -0.1) is 0 Å². The van der Waals surface area contributed by atoms with Gasteiger partial charge in [-0.3, -0.25) is 0 Å². The fourth-order valence-corrected chi connectivity index (χ4v) is 1.27. The number of aldehydes is 1. The molecule has 0 unspecified atom stereocenters. The minimum Gasteiger partial charge on any atom is -0.428 e. The monoisotopic (exact) mass is 168 g/mol. The Balaban J connectivity index is 2.54. The summed E-state index contributed by atoms with van der Waals surface area (Å²) in [4.78, 5) is 20.5. The van der Waals surface area contributed by atoms with Crippen LogP contribution < -0.4 is 5.73 Å². The van der Waals surface area contributed by atoms with Crippen LogP contribution in [0.25, 0.3) is 0 Å². The van der Waals surface area contributed by atoms with Gasteiger partial charge >= 0.3 is 6.09 Å². The zero-order valence-electron chi connectivity index (χ0n) is 6.32. The highest BCUT2D eigenvalue weighted by atomic mass is 16.6. The van der Waals surface area contributed by atoms with Crippen molar-refractivity contribution in [2.24, 2.45) is 11.7 Å². The van der Waals surface area contributed by atoms with E-state index in [2.05, 4.69) is 4.74 Å². The van der Waals surface area contributed by atoms with Crippen molar-refractivity contribution in [1.82, 2.24) is 0 Å². The van der Waals surface area contributed by atoms with E-state index in [9.17, 15) is 9.59 Å². The summed E-state index contributed by atoms with van der Waals surface area (Å²) >= 11 is 0. The number of hydrogen-bond donors (Lipinski definition) is 1. The van der Waals surface area contributed by atoms with Crippen molar-refractivity contribution in [3.05, 3.63) is 0 Å². The third-order valence-corrected chi connectivity index (χ3v) is 1.88. The van der Waals surface area contributed by atoms with Gasteiger partial charge in [0.1, 0.15) is 12.4 Å². The summed E-state index contributed by atoms with van der Waals surface area (Å²) in [6.45, 7) is 0. The third kappa shape index (κ3) is 1.37. The predicted molar refractivity (Wildman–Crippen MR) is 37.8 cm³/mol. The zero-order valence-corrected chi connectivity index (χ0v) is 6.32. The molecule has 5 nitrogen and oxygen atoms in total. The van der Waals surface area contributed by atoms with Crippen LogP contribution in [0.2, 0.25) is 0 Å². The first-order chi connectivity index (χ1) is 5.62. The number of nitrogens with two attached hydrogens (primary N) is 1. The number of ether oxygens (including phenoxy) is 1. The van der Waals surface area contributed by atoms with Gasteiger partial charge in [0.05, 0.1) is 0 Å². The fourth-order valence-electron chi connectivity index (χ4n) is 1.27. The SMILES string of the molecule is N#CC1(OC(N)=O)CC(C=O)C1. The molecule has 1 saturated carbocycles. The molecule has 0 atom stereocenters. The molecule has 5 heteroatoms. The Morgan fingerprint density at radius 1 is 1.75 bits per heavy atom. The van der Waals surface area contributed by atoms with Crippen molar-refractivity contribution in [3.8, 4) is 6.07 Å². The topological polar surface area (TPSA) is 93.2 Å². The summed E-state index contributed by atoms with van der Waals surface area (Å²) in [6.07, 6.45) is 0.298. The number of hydrogen-bond acceptors (Lipinski definition) is 4. The van der Waals surface area contributed by atoms with E-state index >= 15 is 0 Å². The van der Waals surface area contributed by atoms with Crippen LogP contribution >= 0.6 is 0 Å². The lowest BCUT2D eigenvalue weighted by molar-refractivity contribution is -0.120. The van der Waals surface area contributed by atoms with Crippen LogP contribution in [0.5, 0.6) is 0 Å². The molecule has 1 aliphatic rings. The van der Waals surface area contributed by atoms with Gasteiger partial charge in [0, 0.05) is 18.8 Å². The first-order valence-corrected chi connectivity index (χ1v) is 3.47. The van der Waals surface area contributed by atoms with Gasteiger partial charge in [-0.2, -0.15) is 5.26 Å². The molecule has 0 radical (unpaired) electrons. The molecule has 0 aromatic heterocycles. The van der Waals surface area contributed by atoms with E-state index in [-0.39, 0.29) is 18.8 Å². The van der Waals surface area contributed by atoms with E-state index in [4.69, 9.17) is 11.0 Å². The Kier molecular flexibility index (Phi) is 2.00. The van der Waals surface area contributed by atoms with E-state index in [1.165, 1.54) is 0 Å². The van der Waals surface area contributed by atoms with E-state index < -0.39 is 11.7 Å². The number of nitrogens with zero attached hydrogens (tertiary/aromatic N) is 1. The Morgan fingerprint density at radius 2 is 2.33 bits per heavy atom. The lowest BCUT2D eigenvalue weighted by Crippen LogP contribution is -2.48. The molecule has 0 saturated heterocycles. The highest BCUT2D eigenvalue weighted by Crippen LogP contribution is 2.39. The number of carbonyl (C=O) groups is 2. The Bertz CT molecular complexity index is 250. The highest BCUT2D eigenvalue weighted by Gasteiger charge is 2.48. The molecule has 0 spiro atoms. The standard InChI is InChI=1S/C7H8N2O3/c8-4-7(12-6(9)11)1-5(2-7)3-10/h3,5H,1-2H2,(H2,9,11). The van der Waals surface area contributed by atoms with Gasteiger partial charge < -0.3 is 15.3 Å². The van der Waals surface area contributed by atoms with Gasteiger partial charge in [0.25, 0.3) is 0 Å². The summed E-state index contributed by atoms with van der Waals surface area (Å²) in [7, 11) is 0. The molecule has 0 bridgehead atoms. The van der Waals surface area contributed by atoms with Gasteiger partial charge in [-0.25, -0.2) is 4.79 Å². The first kappa shape index (κ1) is 8.53. The molecule has 0 heterocycles. The lowest BCUT2D eigenvalue weighted by Gasteiger charge is -2.37. The second-order valence-corrected chi connectivity index (χ2v) is 2.83. The van der Waals surface area contributed by atoms with Crippen LogP contribution in [0.15, 0.2) is 0 Å². The van der Waals surface area contributed by atoms with E-state index in [0.29, 0.717) is 0 Å². The normalized spacial score (nSPS) is 32.8. The average Bonchev–Trinajstić information content (AvgIpc) is 1.95. The molecule has 12 heavy (non-hydrogen) atoms. The molecule has 1 rings (SSSR count). The maximum Gasteiger partial charge on any atom is 0.406 e. The molecule has 0 aromatic rings. The molecule has 1 aliphatic carbocycles. The zero-order chi connectivity index (χ0) is 9.19. The Morgan fingerprint density at radius 3 is 2.67 bits per heavy atom. The Hall–Kier alpha value is -1.57. The van der Waals surface area contributed by atoms with E-state index in [1.807, 2.05) is 6.07 Å². The predicted octanol–water partition coefficient (Wildman–Crippen LogP) is -0.0470. The summed E-state index contributed by atoms with van der Waals surface area (Å²) in [5, 5.41) is 8.60. The molecule has 1 fully saturated rings. The van der Waals surface area contributed by atoms with Gasteiger partial charge in [-0.05, 0) is 0 Å². The average molecular weight is 168 g/mol. The second-order valence-electron chi connectivity index (χ2n) is 2.83. The maximum absolute atomic E-state index is 10.3. The number of rotatable bonds is 2. The molecule has 64 valence electrons. The van der Waals surface area contributed by atoms with Crippen molar-refractivity contribution in [2.75, 3.05) is 0 Å². The summed E-state index contributed by atoms with van der Waals surface area (Å²) in [5.74, 6) is -0.177. The molecule has 2 N–H and O–H groups in total. The van der Waals surface area contributed by atoms with Crippen molar-refractivity contribution in [1.29, 1.82) is 5.26 Å². The summed E-state index contributed by atoms with van der Waals surface area (Å²) < 4.78 is 4.57. The quantitative estimate of drug-likeness (QED) is 0.585. The molecule has 1 amide bonds. The molecular weight excluding hydrogens is 160 g/mol. The van der Waals surface area contributed by atoms with Crippen molar-refractivity contribution >= 4 is 12.4 Å². The largest absolute Gasteiger partial charge is 0.428 e. The van der Waals surface area contributed by atoms with Crippen LogP contribution in [0.3, 0.4) is 0 Å². The number of primary amides is 1. The minimum atomic E-state index is -1.14. The van der Waals surface area contributed by atoms with Crippen LogP contribution in [0.4, 0.5) is 4.79 Å². The lowest BCUT2D eigenvalue weighted by atomic mass is 9.72. The van der Waals surface area contributed by atoms with Gasteiger partial charge in [0.2, 0.25) is 5.60 Å². The summed E-state index contributed by atoms with van der Waals surface area (Å²) in [5.41, 5.74) is 3.61. The van der Waals surface area contributed by atoms with Crippen molar-refractivity contribution in [3.63, 3.8) is 0 Å². The van der Waals surface area contributed by atoms with Crippen molar-refractivity contribution < 1.29 is 14.3 Å². The van der Waals surface area contributed by atoms with Crippen LogP contribution in [-0.2, 0) is 9.53 Å². The fraction of sp³-hybridized carbons (Fsp3) is 0.571. The van der Waals surface area contributed by atoms with E-state index in [0.717, 1.165) is 6.29 Å². The molecule has 0 aromatic carbocycles. The van der Waals surface area contributed by atoms with Crippen molar-refractivity contribution in [2.45, 2.75) is 18.4 Å². The maximum atomic E-state index is 10.3. The smallest absolute Gasteiger partial charge is 0.406 e. The highest BCUT2D eigenvalue weighted by molar-refractivity contribution is 5.67. The number of nitriles is 1. The van der Waals surface area contributed by atoms with Gasteiger partial charge in [-0.1, -0.05) is 0 Å². The van der Waals surface area contributed by atoms with Crippen LogP contribution in [0.1, 0.15) is 12.8 Å². The molecule has 0 aliphatic heterocycles. The third-order valence-electron chi connectivity index (χ3n) is 1.88. The second kappa shape index (κ2) is 2.81. The molecular formula is C7H8N2O3. The van der Waals surface area contributed by atoms with Crippen LogP contribution in [-0.4, -0.2) is 18.0 Å². The van der Waals surface area contributed by atoms with Crippen LogP contribution in [0, 0.1) is 17.2 Å². The summed E-state index contributed by atoms with van der Waals surface area (Å²) in [6, 6.07) is 1.83. The first-order valence-electron chi connectivity index (χ1n) is 3.47. The van der Waals surface area contributed by atoms with Gasteiger partial charge in [0.15, 0.2) is 0 Å². The minimum absolute atomic E-state index is 0.177. The van der Waals surface area contributed by atoms with E-state index in [1.54, 1.807) is 0 Å².